The molecule has 2 aromatic rings. The smallest absolute Gasteiger partial charge is 0.228 e. The van der Waals surface area contributed by atoms with E-state index in [0.29, 0.717) is 17.1 Å². The number of anilines is 2. The van der Waals surface area contributed by atoms with Gasteiger partial charge in [0.25, 0.3) is 0 Å². The van der Waals surface area contributed by atoms with Gasteiger partial charge >= 0.3 is 0 Å². The molecular weight excluding hydrogens is 320 g/mol. The summed E-state index contributed by atoms with van der Waals surface area (Å²) in [5, 5.41) is 2.84. The maximum atomic E-state index is 12.0. The van der Waals surface area contributed by atoms with E-state index in [-0.39, 0.29) is 12.3 Å². The number of ether oxygens (including phenoxy) is 1. The molecule has 0 aliphatic heterocycles. The molecule has 0 unspecified atom stereocenters. The third kappa shape index (κ3) is 3.74. The molecule has 0 heterocycles. The van der Waals surface area contributed by atoms with Gasteiger partial charge in [-0.3, -0.25) is 4.79 Å². The Morgan fingerprint density at radius 1 is 1.25 bits per heavy atom. The van der Waals surface area contributed by atoms with Gasteiger partial charge in [0.2, 0.25) is 5.91 Å². The van der Waals surface area contributed by atoms with Crippen molar-refractivity contribution < 1.29 is 9.53 Å². The quantitative estimate of drug-likeness (QED) is 0.843. The zero-order valence-corrected chi connectivity index (χ0v) is 12.6. The van der Waals surface area contributed by atoms with Crippen molar-refractivity contribution in [3.05, 3.63) is 52.5 Å². The first-order chi connectivity index (χ1) is 9.58. The van der Waals surface area contributed by atoms with Crippen LogP contribution in [0, 0.1) is 0 Å². The van der Waals surface area contributed by atoms with Crippen molar-refractivity contribution in [1.82, 2.24) is 0 Å². The number of hydrogen-bond acceptors (Lipinski definition) is 3. The summed E-state index contributed by atoms with van der Waals surface area (Å²) in [6.07, 6.45) is 0.288. The highest BCUT2D eigenvalue weighted by molar-refractivity contribution is 9.10. The van der Waals surface area contributed by atoms with E-state index in [2.05, 4.69) is 21.2 Å². The van der Waals surface area contributed by atoms with Crippen molar-refractivity contribution >= 4 is 33.2 Å². The van der Waals surface area contributed by atoms with Gasteiger partial charge in [0, 0.05) is 10.2 Å². The molecule has 0 aliphatic rings. The predicted octanol–water partition coefficient (Wildman–Crippen LogP) is 3.22. The molecule has 3 N–H and O–H groups in total. The first kappa shape index (κ1) is 14.4. The van der Waals surface area contributed by atoms with Crippen LogP contribution < -0.4 is 15.8 Å². The second-order valence-corrected chi connectivity index (χ2v) is 5.23. The number of carbonyl (C=O) groups excluding carboxylic acids is 1. The molecule has 20 heavy (non-hydrogen) atoms. The van der Waals surface area contributed by atoms with Gasteiger partial charge in [0.15, 0.2) is 0 Å². The molecule has 1 amide bonds. The predicted molar refractivity (Wildman–Crippen MR) is 83.9 cm³/mol. The van der Waals surface area contributed by atoms with Gasteiger partial charge in [0.05, 0.1) is 19.2 Å². The molecule has 0 fully saturated rings. The molecular formula is C15H15BrN2O2. The Morgan fingerprint density at radius 3 is 2.60 bits per heavy atom. The monoisotopic (exact) mass is 334 g/mol. The lowest BCUT2D eigenvalue weighted by atomic mass is 10.1. The fraction of sp³-hybridized carbons (Fsp3) is 0.133. The summed E-state index contributed by atoms with van der Waals surface area (Å²) in [6.45, 7) is 0. The number of hydrogen-bond donors (Lipinski definition) is 2. The van der Waals surface area contributed by atoms with Gasteiger partial charge in [-0.05, 0) is 35.9 Å². The van der Waals surface area contributed by atoms with E-state index in [4.69, 9.17) is 10.5 Å². The fourth-order valence-electron chi connectivity index (χ4n) is 1.79. The first-order valence-corrected chi connectivity index (χ1v) is 6.85. The Hall–Kier alpha value is -2.01. The number of amides is 1. The molecule has 2 aromatic carbocycles. The molecule has 2 rings (SSSR count). The van der Waals surface area contributed by atoms with Gasteiger partial charge in [0.1, 0.15) is 5.75 Å². The summed E-state index contributed by atoms with van der Waals surface area (Å²) in [5.74, 6) is 0.519. The van der Waals surface area contributed by atoms with E-state index in [1.54, 1.807) is 31.4 Å². The van der Waals surface area contributed by atoms with E-state index in [9.17, 15) is 4.79 Å². The Morgan fingerprint density at radius 2 is 1.95 bits per heavy atom. The minimum absolute atomic E-state index is 0.105. The largest absolute Gasteiger partial charge is 0.495 e. The maximum Gasteiger partial charge on any atom is 0.228 e. The Labute approximate surface area is 126 Å². The molecule has 5 heteroatoms. The maximum absolute atomic E-state index is 12.0. The van der Waals surface area contributed by atoms with Crippen molar-refractivity contribution in [3.63, 3.8) is 0 Å². The molecule has 0 bridgehead atoms. The van der Waals surface area contributed by atoms with Crippen molar-refractivity contribution in [2.45, 2.75) is 6.42 Å². The molecule has 0 aliphatic carbocycles. The van der Waals surface area contributed by atoms with Gasteiger partial charge in [-0.15, -0.1) is 0 Å². The van der Waals surface area contributed by atoms with Crippen LogP contribution in [0.15, 0.2) is 46.9 Å². The average Bonchev–Trinajstić information content (AvgIpc) is 2.41. The molecule has 0 saturated carbocycles. The van der Waals surface area contributed by atoms with Crippen molar-refractivity contribution in [2.24, 2.45) is 0 Å². The zero-order valence-electron chi connectivity index (χ0n) is 11.0. The fourth-order valence-corrected chi connectivity index (χ4v) is 2.15. The Balaban J connectivity index is 2.08. The number of nitrogens with one attached hydrogen (secondary N) is 1. The minimum Gasteiger partial charge on any atom is -0.495 e. The molecule has 0 spiro atoms. The SMILES string of the molecule is COc1ccc(Br)cc1NC(=O)Cc1ccc(N)cc1. The summed E-state index contributed by atoms with van der Waals surface area (Å²) in [7, 11) is 1.57. The summed E-state index contributed by atoms with van der Waals surface area (Å²) in [5.41, 5.74) is 7.85. The average molecular weight is 335 g/mol. The molecule has 4 nitrogen and oxygen atoms in total. The van der Waals surface area contributed by atoms with E-state index in [1.165, 1.54) is 0 Å². The summed E-state index contributed by atoms with van der Waals surface area (Å²) < 4.78 is 6.09. The van der Waals surface area contributed by atoms with Crippen LogP contribution in [-0.2, 0) is 11.2 Å². The molecule has 0 saturated heterocycles. The van der Waals surface area contributed by atoms with Crippen molar-refractivity contribution in [3.8, 4) is 5.75 Å². The van der Waals surface area contributed by atoms with Crippen LogP contribution in [0.4, 0.5) is 11.4 Å². The summed E-state index contributed by atoms with van der Waals surface area (Å²) >= 11 is 3.37. The highest BCUT2D eigenvalue weighted by Crippen LogP contribution is 2.28. The molecule has 0 aromatic heterocycles. The van der Waals surface area contributed by atoms with Crippen LogP contribution in [0.25, 0.3) is 0 Å². The number of nitrogen functional groups attached to an aromatic ring is 1. The second-order valence-electron chi connectivity index (χ2n) is 4.31. The minimum atomic E-state index is -0.105. The molecule has 104 valence electrons. The molecule has 0 radical (unpaired) electrons. The molecule has 0 atom stereocenters. The lowest BCUT2D eigenvalue weighted by Crippen LogP contribution is -2.15. The van der Waals surface area contributed by atoms with Crippen LogP contribution in [0.3, 0.4) is 0 Å². The van der Waals surface area contributed by atoms with Crippen LogP contribution in [0.2, 0.25) is 0 Å². The van der Waals surface area contributed by atoms with Gasteiger partial charge in [-0.25, -0.2) is 0 Å². The Kier molecular flexibility index (Phi) is 4.63. The normalized spacial score (nSPS) is 10.1. The zero-order chi connectivity index (χ0) is 14.5. The van der Waals surface area contributed by atoms with E-state index in [1.807, 2.05) is 18.2 Å². The number of nitrogens with two attached hydrogens (primary N) is 1. The van der Waals surface area contributed by atoms with Crippen molar-refractivity contribution in [2.75, 3.05) is 18.2 Å². The number of carbonyl (C=O) groups is 1. The third-order valence-electron chi connectivity index (χ3n) is 2.78. The van der Waals surface area contributed by atoms with E-state index in [0.717, 1.165) is 10.0 Å². The third-order valence-corrected chi connectivity index (χ3v) is 3.27. The first-order valence-electron chi connectivity index (χ1n) is 6.06. The van der Waals surface area contributed by atoms with Crippen LogP contribution >= 0.6 is 15.9 Å². The van der Waals surface area contributed by atoms with Gasteiger partial charge in [-0.2, -0.15) is 0 Å². The Bertz CT molecular complexity index is 612. The number of halogens is 1. The highest BCUT2D eigenvalue weighted by Gasteiger charge is 2.09. The number of rotatable bonds is 4. The summed E-state index contributed by atoms with van der Waals surface area (Å²) in [4.78, 5) is 12.0. The lowest BCUT2D eigenvalue weighted by molar-refractivity contribution is -0.115. The topological polar surface area (TPSA) is 64.3 Å². The highest BCUT2D eigenvalue weighted by atomic mass is 79.9. The standard InChI is InChI=1S/C15H15BrN2O2/c1-20-14-7-4-11(16)9-13(14)18-15(19)8-10-2-5-12(17)6-3-10/h2-7,9H,8,17H2,1H3,(H,18,19). The van der Waals surface area contributed by atoms with Crippen molar-refractivity contribution in [1.29, 1.82) is 0 Å². The van der Waals surface area contributed by atoms with E-state index >= 15 is 0 Å². The van der Waals surface area contributed by atoms with Gasteiger partial charge in [-0.1, -0.05) is 28.1 Å². The lowest BCUT2D eigenvalue weighted by Gasteiger charge is -2.10. The number of benzene rings is 2. The summed E-state index contributed by atoms with van der Waals surface area (Å²) in [6, 6.07) is 12.7. The van der Waals surface area contributed by atoms with Crippen LogP contribution in [0.1, 0.15) is 5.56 Å². The van der Waals surface area contributed by atoms with Crippen LogP contribution in [0.5, 0.6) is 5.75 Å². The second kappa shape index (κ2) is 6.43. The van der Waals surface area contributed by atoms with Gasteiger partial charge < -0.3 is 15.8 Å². The number of methoxy groups -OCH3 is 1. The van der Waals surface area contributed by atoms with Crippen LogP contribution in [-0.4, -0.2) is 13.0 Å². The van der Waals surface area contributed by atoms with E-state index < -0.39 is 0 Å².